The third-order valence-electron chi connectivity index (χ3n) is 2.45. The Morgan fingerprint density at radius 3 is 2.45 bits per heavy atom. The lowest BCUT2D eigenvalue weighted by atomic mass is 10.4. The molecule has 0 unspecified atom stereocenters. The van der Waals surface area contributed by atoms with Gasteiger partial charge in [0.1, 0.15) is 5.03 Å². The van der Waals surface area contributed by atoms with Crippen LogP contribution in [0.2, 0.25) is 5.02 Å². The Kier molecular flexibility index (Phi) is 4.85. The molecule has 2 N–H and O–H groups in total. The molecule has 0 aliphatic carbocycles. The summed E-state index contributed by atoms with van der Waals surface area (Å²) < 4.78 is 24.2. The van der Waals surface area contributed by atoms with Crippen LogP contribution in [0.15, 0.2) is 46.6 Å². The fraction of sp³-hybridized carbons (Fsp3) is 0.167. The molecule has 0 radical (unpaired) electrons. The summed E-state index contributed by atoms with van der Waals surface area (Å²) in [7, 11) is -3.33. The van der Waals surface area contributed by atoms with Gasteiger partial charge in [0.2, 0.25) is 0 Å². The number of benzene rings is 1. The SMILES string of the molecule is Nc1nccnc1SCCS(=O)(=O)c1ccc(Cl)cc1. The van der Waals surface area contributed by atoms with Gasteiger partial charge in [-0.1, -0.05) is 11.6 Å². The zero-order valence-electron chi connectivity index (χ0n) is 10.4. The highest BCUT2D eigenvalue weighted by Crippen LogP contribution is 2.22. The van der Waals surface area contributed by atoms with Crippen LogP contribution in [0.3, 0.4) is 0 Å². The molecule has 5 nitrogen and oxygen atoms in total. The summed E-state index contributed by atoms with van der Waals surface area (Å²) >= 11 is 7.00. The second-order valence-corrected chi connectivity index (χ2v) is 7.50. The topological polar surface area (TPSA) is 85.9 Å². The average Bonchev–Trinajstić information content (AvgIpc) is 2.41. The molecule has 1 aromatic heterocycles. The van der Waals surface area contributed by atoms with Crippen LogP contribution < -0.4 is 5.73 Å². The first kappa shape index (κ1) is 15.1. The van der Waals surface area contributed by atoms with Crippen molar-refractivity contribution in [3.63, 3.8) is 0 Å². The minimum absolute atomic E-state index is 0.00465. The molecule has 0 saturated heterocycles. The number of thioether (sulfide) groups is 1. The van der Waals surface area contributed by atoms with E-state index in [1.807, 2.05) is 0 Å². The average molecular weight is 330 g/mol. The molecule has 8 heteroatoms. The van der Waals surface area contributed by atoms with E-state index in [1.54, 1.807) is 12.1 Å². The van der Waals surface area contributed by atoms with E-state index in [0.29, 0.717) is 21.6 Å². The van der Waals surface area contributed by atoms with Gasteiger partial charge in [-0.05, 0) is 24.3 Å². The Labute approximate surface area is 126 Å². The molecular formula is C12H12ClN3O2S2. The van der Waals surface area contributed by atoms with Crippen molar-refractivity contribution in [2.24, 2.45) is 0 Å². The molecular weight excluding hydrogens is 318 g/mol. The van der Waals surface area contributed by atoms with Crippen molar-refractivity contribution in [3.05, 3.63) is 41.7 Å². The van der Waals surface area contributed by atoms with Crippen LogP contribution in [0.4, 0.5) is 5.82 Å². The largest absolute Gasteiger partial charge is 0.381 e. The van der Waals surface area contributed by atoms with E-state index in [-0.39, 0.29) is 10.6 Å². The number of hydrogen-bond acceptors (Lipinski definition) is 6. The van der Waals surface area contributed by atoms with Gasteiger partial charge < -0.3 is 5.73 Å². The number of nitrogens with zero attached hydrogens (tertiary/aromatic N) is 2. The number of rotatable bonds is 5. The third-order valence-corrected chi connectivity index (χ3v) is 5.69. The molecule has 106 valence electrons. The molecule has 20 heavy (non-hydrogen) atoms. The summed E-state index contributed by atoms with van der Waals surface area (Å²) in [6.45, 7) is 0. The molecule has 0 aliphatic heterocycles. The first-order chi connectivity index (χ1) is 9.49. The second-order valence-electron chi connectivity index (χ2n) is 3.87. The van der Waals surface area contributed by atoms with Crippen LogP contribution in [0.5, 0.6) is 0 Å². The number of aromatic nitrogens is 2. The smallest absolute Gasteiger partial charge is 0.179 e. The van der Waals surface area contributed by atoms with Gasteiger partial charge in [0, 0.05) is 23.2 Å². The standard InChI is InChI=1S/C12H12ClN3O2S2/c13-9-1-3-10(4-2-9)20(17,18)8-7-19-12-11(14)15-5-6-16-12/h1-6H,7-8H2,(H2,14,15). The first-order valence-electron chi connectivity index (χ1n) is 5.66. The van der Waals surface area contributed by atoms with Crippen LogP contribution in [0.1, 0.15) is 0 Å². The van der Waals surface area contributed by atoms with E-state index in [9.17, 15) is 8.42 Å². The number of nitrogen functional groups attached to an aromatic ring is 1. The fourth-order valence-electron chi connectivity index (χ4n) is 1.46. The van der Waals surface area contributed by atoms with Gasteiger partial charge >= 0.3 is 0 Å². The number of hydrogen-bond donors (Lipinski definition) is 1. The number of anilines is 1. The Balaban J connectivity index is 2.00. The Bertz CT molecular complexity index is 690. The van der Waals surface area contributed by atoms with Crippen molar-refractivity contribution in [1.29, 1.82) is 0 Å². The molecule has 0 spiro atoms. The Hall–Kier alpha value is -1.31. The molecule has 0 atom stereocenters. The lowest BCUT2D eigenvalue weighted by Gasteiger charge is -2.05. The molecule has 0 aliphatic rings. The van der Waals surface area contributed by atoms with E-state index < -0.39 is 9.84 Å². The summed E-state index contributed by atoms with van der Waals surface area (Å²) in [5.41, 5.74) is 5.64. The third kappa shape index (κ3) is 3.84. The zero-order chi connectivity index (χ0) is 14.6. The number of halogens is 1. The molecule has 0 saturated carbocycles. The molecule has 1 aromatic carbocycles. The highest BCUT2D eigenvalue weighted by atomic mass is 35.5. The van der Waals surface area contributed by atoms with Gasteiger partial charge in [-0.2, -0.15) is 0 Å². The van der Waals surface area contributed by atoms with E-state index in [0.717, 1.165) is 0 Å². The first-order valence-corrected chi connectivity index (χ1v) is 8.68. The predicted octanol–water partition coefficient (Wildman–Crippen LogP) is 2.28. The molecule has 2 aromatic rings. The maximum atomic E-state index is 12.1. The van der Waals surface area contributed by atoms with Gasteiger partial charge in [0.15, 0.2) is 15.7 Å². The summed E-state index contributed by atoms with van der Waals surface area (Å²) in [4.78, 5) is 8.20. The van der Waals surface area contributed by atoms with Gasteiger partial charge in [0.05, 0.1) is 10.6 Å². The minimum atomic E-state index is -3.33. The maximum absolute atomic E-state index is 12.1. The highest BCUT2D eigenvalue weighted by molar-refractivity contribution is 8.00. The Morgan fingerprint density at radius 2 is 1.80 bits per heavy atom. The van der Waals surface area contributed by atoms with Gasteiger partial charge in [-0.25, -0.2) is 18.4 Å². The predicted molar refractivity (Wildman–Crippen MR) is 80.7 cm³/mol. The molecule has 0 fully saturated rings. The van der Waals surface area contributed by atoms with Gasteiger partial charge in [-0.3, -0.25) is 0 Å². The quantitative estimate of drug-likeness (QED) is 0.847. The summed E-state index contributed by atoms with van der Waals surface area (Å²) in [6.07, 6.45) is 3.01. The molecule has 0 amide bonds. The van der Waals surface area contributed by atoms with Gasteiger partial charge in [-0.15, -0.1) is 11.8 Å². The number of nitrogens with two attached hydrogens (primary N) is 1. The summed E-state index contributed by atoms with van der Waals surface area (Å²) in [6, 6.07) is 6.11. The molecule has 1 heterocycles. The zero-order valence-corrected chi connectivity index (χ0v) is 12.7. The van der Waals surface area contributed by atoms with Crippen LogP contribution >= 0.6 is 23.4 Å². The highest BCUT2D eigenvalue weighted by Gasteiger charge is 2.14. The van der Waals surface area contributed by atoms with Crippen molar-refractivity contribution < 1.29 is 8.42 Å². The second kappa shape index (κ2) is 6.43. The summed E-state index contributed by atoms with van der Waals surface area (Å²) in [5.74, 6) is 0.657. The minimum Gasteiger partial charge on any atom is -0.381 e. The van der Waals surface area contributed by atoms with Crippen molar-refractivity contribution in [2.45, 2.75) is 9.92 Å². The van der Waals surface area contributed by atoms with Gasteiger partial charge in [0.25, 0.3) is 0 Å². The van der Waals surface area contributed by atoms with Crippen molar-refractivity contribution in [3.8, 4) is 0 Å². The van der Waals surface area contributed by atoms with Crippen LogP contribution in [-0.4, -0.2) is 29.9 Å². The molecule has 0 bridgehead atoms. The monoisotopic (exact) mass is 329 g/mol. The number of sulfone groups is 1. The van der Waals surface area contributed by atoms with E-state index in [1.165, 1.54) is 36.3 Å². The van der Waals surface area contributed by atoms with Crippen molar-refractivity contribution in [2.75, 3.05) is 17.2 Å². The normalized spacial score (nSPS) is 11.4. The van der Waals surface area contributed by atoms with E-state index in [4.69, 9.17) is 17.3 Å². The lowest BCUT2D eigenvalue weighted by Crippen LogP contribution is -2.09. The van der Waals surface area contributed by atoms with Crippen LogP contribution in [-0.2, 0) is 9.84 Å². The molecule has 2 rings (SSSR count). The van der Waals surface area contributed by atoms with E-state index >= 15 is 0 Å². The van der Waals surface area contributed by atoms with E-state index in [2.05, 4.69) is 9.97 Å². The Morgan fingerprint density at radius 1 is 1.15 bits per heavy atom. The van der Waals surface area contributed by atoms with Crippen LogP contribution in [0.25, 0.3) is 0 Å². The summed E-state index contributed by atoms with van der Waals surface area (Å²) in [5, 5.41) is 1.05. The van der Waals surface area contributed by atoms with Crippen molar-refractivity contribution >= 4 is 39.0 Å². The lowest BCUT2D eigenvalue weighted by molar-refractivity contribution is 0.597. The fourth-order valence-corrected chi connectivity index (χ4v) is 4.11. The van der Waals surface area contributed by atoms with Crippen LogP contribution in [0, 0.1) is 0 Å². The maximum Gasteiger partial charge on any atom is 0.179 e. The van der Waals surface area contributed by atoms with Crippen molar-refractivity contribution in [1.82, 2.24) is 9.97 Å².